The van der Waals surface area contributed by atoms with Crippen molar-refractivity contribution in [3.8, 4) is 0 Å². The van der Waals surface area contributed by atoms with Crippen LogP contribution in [0.3, 0.4) is 0 Å². The predicted molar refractivity (Wildman–Crippen MR) is 75.5 cm³/mol. The number of fused-ring (bicyclic) bond motifs is 1. The number of benzene rings is 1. The highest BCUT2D eigenvalue weighted by atomic mass is 14.8. The van der Waals surface area contributed by atoms with Crippen molar-refractivity contribution < 1.29 is 0 Å². The number of aromatic amines is 1. The van der Waals surface area contributed by atoms with Crippen LogP contribution in [0.2, 0.25) is 0 Å². The molecule has 1 heterocycles. The van der Waals surface area contributed by atoms with Crippen LogP contribution in [-0.2, 0) is 12.8 Å². The minimum absolute atomic E-state index is 0.713. The Hall–Kier alpha value is -2.03. The second kappa shape index (κ2) is 4.69. The summed E-state index contributed by atoms with van der Waals surface area (Å²) in [5.74, 6) is 0. The van der Waals surface area contributed by atoms with Gasteiger partial charge < -0.3 is 10.7 Å². The lowest BCUT2D eigenvalue weighted by Crippen LogP contribution is -1.99. The number of aliphatic imine (C=N–C) groups is 1. The fourth-order valence-electron chi connectivity index (χ4n) is 2.44. The molecule has 3 rings (SSSR count). The number of aromatic nitrogens is 1. The summed E-state index contributed by atoms with van der Waals surface area (Å²) in [4.78, 5) is 7.87. The average molecular weight is 239 g/mol. The van der Waals surface area contributed by atoms with Crippen molar-refractivity contribution in [2.24, 2.45) is 4.99 Å². The molecule has 0 aliphatic heterocycles. The topological polar surface area (TPSA) is 54.2 Å². The SMILES string of the molecule is Nc1ccccc1N=Cc1cc2c([nH]1)CCCC2. The maximum Gasteiger partial charge on any atom is 0.0859 e. The van der Waals surface area contributed by atoms with Gasteiger partial charge >= 0.3 is 0 Å². The van der Waals surface area contributed by atoms with Crippen molar-refractivity contribution in [3.05, 3.63) is 47.3 Å². The minimum Gasteiger partial charge on any atom is -0.397 e. The standard InChI is InChI=1S/C15H17N3/c16-13-6-2-4-8-15(13)17-10-12-9-11-5-1-3-7-14(11)18-12/h2,4,6,8-10,18H,1,3,5,7,16H2. The Balaban J connectivity index is 1.84. The third kappa shape index (κ3) is 2.16. The van der Waals surface area contributed by atoms with E-state index in [1.54, 1.807) is 0 Å². The van der Waals surface area contributed by atoms with E-state index in [1.807, 2.05) is 30.5 Å². The summed E-state index contributed by atoms with van der Waals surface area (Å²) >= 11 is 0. The lowest BCUT2D eigenvalue weighted by Gasteiger charge is -2.08. The fraction of sp³-hybridized carbons (Fsp3) is 0.267. The number of aryl methyl sites for hydroxylation is 2. The first-order chi connectivity index (χ1) is 8.83. The minimum atomic E-state index is 0.713. The van der Waals surface area contributed by atoms with E-state index >= 15 is 0 Å². The number of nitrogens with one attached hydrogen (secondary N) is 1. The molecule has 0 spiro atoms. The van der Waals surface area contributed by atoms with E-state index in [1.165, 1.54) is 30.5 Å². The lowest BCUT2D eigenvalue weighted by atomic mass is 9.98. The number of nitrogen functional groups attached to an aromatic ring is 1. The molecule has 1 aliphatic rings. The van der Waals surface area contributed by atoms with Crippen molar-refractivity contribution in [2.75, 3.05) is 5.73 Å². The van der Waals surface area contributed by atoms with E-state index in [2.05, 4.69) is 16.0 Å². The third-order valence-corrected chi connectivity index (χ3v) is 3.41. The van der Waals surface area contributed by atoms with Gasteiger partial charge in [0.25, 0.3) is 0 Å². The lowest BCUT2D eigenvalue weighted by molar-refractivity contribution is 0.677. The summed E-state index contributed by atoms with van der Waals surface area (Å²) in [6.45, 7) is 0. The van der Waals surface area contributed by atoms with E-state index in [0.717, 1.165) is 17.8 Å². The van der Waals surface area contributed by atoms with Crippen LogP contribution < -0.4 is 5.73 Å². The second-order valence-corrected chi connectivity index (χ2v) is 4.75. The molecular formula is C15H17N3. The molecule has 3 N–H and O–H groups in total. The van der Waals surface area contributed by atoms with Crippen molar-refractivity contribution in [2.45, 2.75) is 25.7 Å². The maximum absolute atomic E-state index is 5.86. The summed E-state index contributed by atoms with van der Waals surface area (Å²) in [6.07, 6.45) is 6.80. The summed E-state index contributed by atoms with van der Waals surface area (Å²) in [5.41, 5.74) is 11.3. The van der Waals surface area contributed by atoms with Gasteiger partial charge in [-0.3, -0.25) is 4.99 Å². The Bertz CT molecular complexity index is 558. The molecule has 1 aromatic heterocycles. The highest BCUT2D eigenvalue weighted by Crippen LogP contribution is 2.23. The van der Waals surface area contributed by atoms with Crippen LogP contribution in [0.5, 0.6) is 0 Å². The number of hydrogen-bond acceptors (Lipinski definition) is 2. The molecule has 0 fully saturated rings. The molecule has 1 aromatic carbocycles. The first kappa shape index (κ1) is 11.1. The zero-order valence-corrected chi connectivity index (χ0v) is 10.3. The van der Waals surface area contributed by atoms with E-state index < -0.39 is 0 Å². The molecule has 3 nitrogen and oxygen atoms in total. The molecule has 18 heavy (non-hydrogen) atoms. The van der Waals surface area contributed by atoms with Gasteiger partial charge in [-0.25, -0.2) is 0 Å². The number of nitrogens with two attached hydrogens (primary N) is 1. The van der Waals surface area contributed by atoms with Gasteiger partial charge in [0.2, 0.25) is 0 Å². The Morgan fingerprint density at radius 2 is 2.00 bits per heavy atom. The first-order valence-electron chi connectivity index (χ1n) is 6.42. The van der Waals surface area contributed by atoms with Gasteiger partial charge in [0.1, 0.15) is 0 Å². The highest BCUT2D eigenvalue weighted by Gasteiger charge is 2.11. The van der Waals surface area contributed by atoms with Crippen molar-refractivity contribution in [3.63, 3.8) is 0 Å². The van der Waals surface area contributed by atoms with E-state index in [0.29, 0.717) is 5.69 Å². The molecule has 3 heteroatoms. The zero-order chi connectivity index (χ0) is 12.4. The molecule has 0 bridgehead atoms. The fourth-order valence-corrected chi connectivity index (χ4v) is 2.44. The van der Waals surface area contributed by atoms with Gasteiger partial charge in [-0.1, -0.05) is 12.1 Å². The van der Waals surface area contributed by atoms with Gasteiger partial charge in [0.05, 0.1) is 23.3 Å². The largest absolute Gasteiger partial charge is 0.397 e. The van der Waals surface area contributed by atoms with Crippen molar-refractivity contribution in [1.29, 1.82) is 0 Å². The van der Waals surface area contributed by atoms with Crippen LogP contribution in [0.1, 0.15) is 29.8 Å². The predicted octanol–water partition coefficient (Wildman–Crippen LogP) is 3.23. The summed E-state index contributed by atoms with van der Waals surface area (Å²) in [6, 6.07) is 9.86. The molecule has 0 unspecified atom stereocenters. The number of anilines is 1. The Morgan fingerprint density at radius 1 is 1.17 bits per heavy atom. The summed E-state index contributed by atoms with van der Waals surface area (Å²) < 4.78 is 0. The second-order valence-electron chi connectivity index (χ2n) is 4.75. The quantitative estimate of drug-likeness (QED) is 0.613. The monoisotopic (exact) mass is 239 g/mol. The molecule has 1 aliphatic carbocycles. The molecule has 0 amide bonds. The molecule has 2 aromatic rings. The van der Waals surface area contributed by atoms with Crippen LogP contribution in [0, 0.1) is 0 Å². The van der Waals surface area contributed by atoms with Crippen LogP contribution in [0.25, 0.3) is 0 Å². The molecule has 0 saturated heterocycles. The third-order valence-electron chi connectivity index (χ3n) is 3.41. The molecular weight excluding hydrogens is 222 g/mol. The van der Waals surface area contributed by atoms with Gasteiger partial charge in [0, 0.05) is 5.69 Å². The average Bonchev–Trinajstić information content (AvgIpc) is 2.80. The van der Waals surface area contributed by atoms with E-state index in [4.69, 9.17) is 5.73 Å². The Kier molecular flexibility index (Phi) is 2.89. The number of nitrogens with zero attached hydrogens (tertiary/aromatic N) is 1. The zero-order valence-electron chi connectivity index (χ0n) is 10.3. The summed E-state index contributed by atoms with van der Waals surface area (Å²) in [5, 5.41) is 0. The maximum atomic E-state index is 5.86. The number of para-hydroxylation sites is 2. The van der Waals surface area contributed by atoms with Crippen molar-refractivity contribution >= 4 is 17.6 Å². The number of rotatable bonds is 2. The van der Waals surface area contributed by atoms with Gasteiger partial charge in [-0.15, -0.1) is 0 Å². The van der Waals surface area contributed by atoms with E-state index in [9.17, 15) is 0 Å². The number of H-pyrrole nitrogens is 1. The molecule has 0 atom stereocenters. The summed E-state index contributed by atoms with van der Waals surface area (Å²) in [7, 11) is 0. The van der Waals surface area contributed by atoms with Gasteiger partial charge in [0.15, 0.2) is 0 Å². The van der Waals surface area contributed by atoms with E-state index in [-0.39, 0.29) is 0 Å². The molecule has 92 valence electrons. The smallest absolute Gasteiger partial charge is 0.0859 e. The van der Waals surface area contributed by atoms with Crippen LogP contribution >= 0.6 is 0 Å². The van der Waals surface area contributed by atoms with Crippen LogP contribution in [0.4, 0.5) is 11.4 Å². The normalized spacial score (nSPS) is 14.9. The molecule has 0 saturated carbocycles. The van der Waals surface area contributed by atoms with Crippen molar-refractivity contribution in [1.82, 2.24) is 4.98 Å². The number of hydrogen-bond donors (Lipinski definition) is 2. The Labute approximate surface area is 107 Å². The first-order valence-corrected chi connectivity index (χ1v) is 6.42. The van der Waals surface area contributed by atoms with Gasteiger partial charge in [-0.05, 0) is 49.4 Å². The highest BCUT2D eigenvalue weighted by molar-refractivity contribution is 5.82. The van der Waals surface area contributed by atoms with Gasteiger partial charge in [-0.2, -0.15) is 0 Å². The van der Waals surface area contributed by atoms with Crippen LogP contribution in [0.15, 0.2) is 35.3 Å². The van der Waals surface area contributed by atoms with Crippen LogP contribution in [-0.4, -0.2) is 11.2 Å². The Morgan fingerprint density at radius 3 is 2.83 bits per heavy atom. The molecule has 0 radical (unpaired) electrons.